The van der Waals surface area contributed by atoms with Crippen molar-refractivity contribution in [3.8, 4) is 0 Å². The first-order chi connectivity index (χ1) is 21.0. The lowest BCUT2D eigenvalue weighted by Gasteiger charge is -2.24. The molecule has 12 nitrogen and oxygen atoms in total. The second-order valence-electron chi connectivity index (χ2n) is 10.3. The number of fused-ring (bicyclic) bond motifs is 1. The number of hydrogen-bond donors (Lipinski definition) is 4. The monoisotopic (exact) mass is 677 g/mol. The van der Waals surface area contributed by atoms with Crippen LogP contribution in [0.5, 0.6) is 0 Å². The van der Waals surface area contributed by atoms with E-state index in [4.69, 9.17) is 12.2 Å². The van der Waals surface area contributed by atoms with Gasteiger partial charge in [-0.2, -0.15) is 0 Å². The zero-order chi connectivity index (χ0) is 31.7. The Morgan fingerprint density at radius 2 is 1.59 bits per heavy atom. The number of nitrogens with zero attached hydrogens (tertiary/aromatic N) is 3. The van der Waals surface area contributed by atoms with Crippen LogP contribution in [0.4, 0.5) is 5.69 Å². The Morgan fingerprint density at radius 3 is 2.23 bits per heavy atom. The van der Waals surface area contributed by atoms with Crippen LogP contribution in [0.25, 0.3) is 10.5 Å². The van der Waals surface area contributed by atoms with E-state index in [0.717, 1.165) is 69.6 Å². The van der Waals surface area contributed by atoms with Crippen LogP contribution < -0.4 is 19.7 Å². The van der Waals surface area contributed by atoms with Crippen molar-refractivity contribution in [3.05, 3.63) is 54.4 Å². The minimum Gasteiger partial charge on any atom is -0.480 e. The fourth-order valence-corrected chi connectivity index (χ4v) is 9.15. The summed E-state index contributed by atoms with van der Waals surface area (Å²) in [5.41, 5.74) is 1.24. The second kappa shape index (κ2) is 13.3. The number of allylic oxidation sites excluding steroid dienone is 1. The van der Waals surface area contributed by atoms with E-state index < -0.39 is 42.5 Å². The third-order valence-corrected chi connectivity index (χ3v) is 11.3. The number of hydrogen-bond acceptors (Lipinski definition) is 11. The molecular formula is C28H27N3O9S4. The lowest BCUT2D eigenvalue weighted by Crippen LogP contribution is -2.37. The van der Waals surface area contributed by atoms with E-state index in [9.17, 15) is 44.4 Å². The zero-order valence-corrected chi connectivity index (χ0v) is 26.3. The Morgan fingerprint density at radius 1 is 0.932 bits per heavy atom. The van der Waals surface area contributed by atoms with Crippen molar-refractivity contribution < 1.29 is 39.6 Å². The number of rotatable bonds is 9. The van der Waals surface area contributed by atoms with E-state index in [2.05, 4.69) is 0 Å². The molecule has 232 valence electrons. The van der Waals surface area contributed by atoms with Crippen molar-refractivity contribution >= 4 is 91.4 Å². The minimum absolute atomic E-state index is 0.0121. The van der Waals surface area contributed by atoms with E-state index in [1.165, 1.54) is 11.8 Å². The molecule has 16 heteroatoms. The second-order valence-corrected chi connectivity index (χ2v) is 14.0. The molecule has 5 rings (SSSR count). The van der Waals surface area contributed by atoms with Gasteiger partial charge in [0.15, 0.2) is 0 Å². The van der Waals surface area contributed by atoms with Crippen molar-refractivity contribution in [2.45, 2.75) is 50.2 Å². The van der Waals surface area contributed by atoms with E-state index >= 15 is 0 Å². The van der Waals surface area contributed by atoms with Crippen LogP contribution in [0, 0.1) is 5.92 Å². The number of thioether (sulfide) groups is 2. The SMILES string of the molecule is O=C(O)CN1C(=O)/C(=c2/s/c(=C(/C=C3\Sc4ccc(CO)cc4N3CC(=O)O)C3CCCCC3)c(=O)n2CC(=O)O)SC1=S. The molecule has 4 N–H and O–H groups in total. The average Bonchev–Trinajstić information content (AvgIpc) is 3.57. The number of carboxylic acids is 3. The van der Waals surface area contributed by atoms with Crippen LogP contribution in [0.15, 0.2) is 39.0 Å². The number of carbonyl (C=O) groups is 4. The van der Waals surface area contributed by atoms with Gasteiger partial charge in [0.1, 0.15) is 33.5 Å². The fourth-order valence-electron chi connectivity index (χ4n) is 5.40. The normalized spacial score (nSPS) is 20.0. The Kier molecular flexibility index (Phi) is 9.65. The molecule has 0 bridgehead atoms. The fraction of sp³-hybridized carbons (Fsp3) is 0.357. The molecule has 2 aliphatic heterocycles. The number of aliphatic hydroxyl groups is 1. The molecule has 1 aromatic carbocycles. The molecule has 1 saturated heterocycles. The van der Waals surface area contributed by atoms with Crippen LogP contribution in [0.1, 0.15) is 37.7 Å². The Labute approximate surface area is 268 Å². The molecule has 0 spiro atoms. The number of benzene rings is 1. The van der Waals surface area contributed by atoms with E-state index in [0.29, 0.717) is 21.9 Å². The first-order valence-corrected chi connectivity index (χ1v) is 16.4. The summed E-state index contributed by atoms with van der Waals surface area (Å²) < 4.78 is 1.30. The summed E-state index contributed by atoms with van der Waals surface area (Å²) in [7, 11) is 0. The number of aliphatic hydroxyl groups excluding tert-OH is 1. The van der Waals surface area contributed by atoms with Crippen molar-refractivity contribution in [1.29, 1.82) is 0 Å². The van der Waals surface area contributed by atoms with Crippen molar-refractivity contribution in [2.75, 3.05) is 18.0 Å². The number of carbonyl (C=O) groups excluding carboxylic acids is 1. The smallest absolute Gasteiger partial charge is 0.323 e. The number of aromatic nitrogens is 1. The number of anilines is 1. The molecule has 1 aromatic heterocycles. The number of aliphatic carboxylic acids is 3. The number of thiazole rings is 1. The molecule has 0 atom stereocenters. The average molecular weight is 678 g/mol. The molecule has 3 heterocycles. The number of amides is 1. The Balaban J connectivity index is 1.77. The largest absolute Gasteiger partial charge is 0.480 e. The van der Waals surface area contributed by atoms with Crippen LogP contribution in [0.2, 0.25) is 0 Å². The highest BCUT2D eigenvalue weighted by Crippen LogP contribution is 2.47. The van der Waals surface area contributed by atoms with Crippen molar-refractivity contribution in [1.82, 2.24) is 9.47 Å². The molecule has 1 aliphatic carbocycles. The third-order valence-electron chi connectivity index (χ3n) is 7.37. The quantitative estimate of drug-likeness (QED) is 0.283. The lowest BCUT2D eigenvalue weighted by atomic mass is 9.84. The van der Waals surface area contributed by atoms with Gasteiger partial charge in [-0.25, -0.2) is 0 Å². The van der Waals surface area contributed by atoms with Gasteiger partial charge >= 0.3 is 17.9 Å². The van der Waals surface area contributed by atoms with E-state index in [1.807, 2.05) is 0 Å². The van der Waals surface area contributed by atoms with Gasteiger partial charge < -0.3 is 25.3 Å². The van der Waals surface area contributed by atoms with Crippen molar-refractivity contribution in [3.63, 3.8) is 0 Å². The summed E-state index contributed by atoms with van der Waals surface area (Å²) in [4.78, 5) is 65.6. The molecule has 1 amide bonds. The van der Waals surface area contributed by atoms with Crippen LogP contribution in [-0.4, -0.2) is 71.1 Å². The van der Waals surface area contributed by atoms with Gasteiger partial charge in [0, 0.05) is 4.90 Å². The predicted molar refractivity (Wildman–Crippen MR) is 170 cm³/mol. The van der Waals surface area contributed by atoms with Gasteiger partial charge in [0.05, 0.1) is 21.9 Å². The first-order valence-electron chi connectivity index (χ1n) is 13.6. The van der Waals surface area contributed by atoms with Gasteiger partial charge in [-0.1, -0.05) is 61.1 Å². The van der Waals surface area contributed by atoms with Crippen LogP contribution >= 0.6 is 47.1 Å². The number of carboxylic acid groups (broad SMARTS) is 3. The van der Waals surface area contributed by atoms with Crippen molar-refractivity contribution in [2.24, 2.45) is 5.92 Å². The van der Waals surface area contributed by atoms with E-state index in [1.54, 1.807) is 29.2 Å². The standard InChI is InChI=1S/C28H27N3O9S4/c32-13-14-6-7-18-17(8-14)29(10-20(33)34)19(42-18)9-16(15-4-2-1-3-5-15)23-25(39)30(11-21(35)36)27(43-23)24-26(40)31(12-22(37)38)28(41)44-24/h6-9,15,32H,1-5,10-13H2,(H,33,34)(H,35,36)(H,37,38)/b19-9-,23-16-,27-24-. The summed E-state index contributed by atoms with van der Waals surface area (Å²) in [6.07, 6.45) is 6.16. The summed E-state index contributed by atoms with van der Waals surface area (Å²) in [5.74, 6) is -4.45. The van der Waals surface area contributed by atoms with E-state index in [-0.39, 0.29) is 37.5 Å². The molecule has 2 fully saturated rings. The van der Waals surface area contributed by atoms with Gasteiger partial charge in [-0.05, 0) is 48.1 Å². The summed E-state index contributed by atoms with van der Waals surface area (Å²) in [6, 6.07) is 5.28. The Bertz CT molecular complexity index is 1790. The maximum Gasteiger partial charge on any atom is 0.323 e. The van der Waals surface area contributed by atoms with Gasteiger partial charge in [-0.3, -0.25) is 33.4 Å². The zero-order valence-electron chi connectivity index (χ0n) is 23.1. The summed E-state index contributed by atoms with van der Waals surface area (Å²) in [5, 5.41) is 38.9. The molecule has 0 unspecified atom stereocenters. The van der Waals surface area contributed by atoms with Crippen LogP contribution in [-0.2, 0) is 32.3 Å². The maximum atomic E-state index is 14.0. The van der Waals surface area contributed by atoms with Gasteiger partial charge in [0.2, 0.25) is 0 Å². The molecular weight excluding hydrogens is 651 g/mol. The van der Waals surface area contributed by atoms with Gasteiger partial charge in [-0.15, -0.1) is 11.3 Å². The third kappa shape index (κ3) is 6.49. The van der Waals surface area contributed by atoms with Gasteiger partial charge in [0.25, 0.3) is 11.5 Å². The summed E-state index contributed by atoms with van der Waals surface area (Å²) in [6.45, 7) is -1.98. The van der Waals surface area contributed by atoms with Crippen LogP contribution in [0.3, 0.4) is 0 Å². The maximum absolute atomic E-state index is 14.0. The molecule has 44 heavy (non-hydrogen) atoms. The first kappa shape index (κ1) is 32.0. The summed E-state index contributed by atoms with van der Waals surface area (Å²) >= 11 is 8.34. The highest BCUT2D eigenvalue weighted by molar-refractivity contribution is 8.30. The Hall–Kier alpha value is -3.44. The highest BCUT2D eigenvalue weighted by Gasteiger charge is 2.36. The molecule has 0 radical (unpaired) electrons. The molecule has 2 aromatic rings. The number of thiocarbonyl (C=S) groups is 1. The molecule has 3 aliphatic rings. The highest BCUT2D eigenvalue weighted by atomic mass is 32.2. The lowest BCUT2D eigenvalue weighted by molar-refractivity contribution is -0.140. The topological polar surface area (TPSA) is 178 Å². The predicted octanol–water partition coefficient (Wildman–Crippen LogP) is 1.81. The minimum atomic E-state index is -1.30. The molecule has 1 saturated carbocycles.